The van der Waals surface area contributed by atoms with Gasteiger partial charge in [0.15, 0.2) is 9.84 Å². The molecule has 150 valence electrons. The number of hydrogen-bond acceptors (Lipinski definition) is 6. The average Bonchev–Trinajstić information content (AvgIpc) is 2.69. The van der Waals surface area contributed by atoms with E-state index in [9.17, 15) is 22.9 Å². The number of nitro benzene ring substituents is 1. The van der Waals surface area contributed by atoms with E-state index in [0.717, 1.165) is 25.7 Å². The highest BCUT2D eigenvalue weighted by molar-refractivity contribution is 7.90. The maximum absolute atomic E-state index is 13.0. The van der Waals surface area contributed by atoms with E-state index in [1.165, 1.54) is 36.4 Å². The van der Waals surface area contributed by atoms with Gasteiger partial charge in [-0.05, 0) is 36.4 Å². The van der Waals surface area contributed by atoms with Crippen molar-refractivity contribution in [3.63, 3.8) is 0 Å². The van der Waals surface area contributed by atoms with Gasteiger partial charge < -0.3 is 9.80 Å². The van der Waals surface area contributed by atoms with Crippen molar-refractivity contribution in [3.05, 3.63) is 64.0 Å². The zero-order valence-corrected chi connectivity index (χ0v) is 16.4. The van der Waals surface area contributed by atoms with Crippen LogP contribution in [-0.2, 0) is 15.6 Å². The summed E-state index contributed by atoms with van der Waals surface area (Å²) in [5.41, 5.74) is 0.635. The summed E-state index contributed by atoms with van der Waals surface area (Å²) in [6.07, 6.45) is 0. The normalized spacial score (nSPS) is 15.6. The Labute approximate surface area is 163 Å². The summed E-state index contributed by atoms with van der Waals surface area (Å²) in [6.45, 7) is 5.90. The first-order valence-corrected chi connectivity index (χ1v) is 10.7. The van der Waals surface area contributed by atoms with Crippen LogP contribution in [0.5, 0.6) is 0 Å². The molecule has 2 aromatic carbocycles. The molecule has 0 N–H and O–H groups in total. The number of likely N-dealkylation sites (N-methyl/N-ethyl adjacent to an activating group) is 1. The smallest absolute Gasteiger partial charge is 0.293 e. The highest BCUT2D eigenvalue weighted by atomic mass is 32.2. The van der Waals surface area contributed by atoms with Gasteiger partial charge in [0.05, 0.1) is 15.6 Å². The lowest BCUT2D eigenvalue weighted by atomic mass is 10.2. The van der Waals surface area contributed by atoms with Gasteiger partial charge in [-0.2, -0.15) is 0 Å². The van der Waals surface area contributed by atoms with Crippen molar-refractivity contribution in [2.45, 2.75) is 17.6 Å². The van der Waals surface area contributed by atoms with Gasteiger partial charge in [-0.1, -0.05) is 19.1 Å². The zero-order chi connectivity index (χ0) is 20.3. The van der Waals surface area contributed by atoms with Crippen molar-refractivity contribution in [3.8, 4) is 0 Å². The summed E-state index contributed by atoms with van der Waals surface area (Å²) in [6, 6.07) is 9.20. The Morgan fingerprint density at radius 2 is 1.71 bits per heavy atom. The summed E-state index contributed by atoms with van der Waals surface area (Å²) >= 11 is 0. The fraction of sp³-hybridized carbons (Fsp3) is 0.368. The van der Waals surface area contributed by atoms with Gasteiger partial charge in [0.25, 0.3) is 5.69 Å². The predicted molar refractivity (Wildman–Crippen MR) is 105 cm³/mol. The molecule has 0 atom stereocenters. The monoisotopic (exact) mass is 407 g/mol. The van der Waals surface area contributed by atoms with E-state index in [1.807, 2.05) is 4.90 Å². The number of rotatable bonds is 6. The van der Waals surface area contributed by atoms with E-state index in [0.29, 0.717) is 24.3 Å². The molecular formula is C19H22FN3O4S. The SMILES string of the molecule is CCN1CCN(c2ccc(S(=O)(=O)Cc3ccc(F)cc3)cc2[N+](=O)[O-])CC1. The molecule has 1 aliphatic heterocycles. The van der Waals surface area contributed by atoms with Crippen LogP contribution in [0.15, 0.2) is 47.4 Å². The molecule has 0 aliphatic carbocycles. The van der Waals surface area contributed by atoms with Gasteiger partial charge in [0.1, 0.15) is 11.5 Å². The second-order valence-electron chi connectivity index (χ2n) is 6.71. The largest absolute Gasteiger partial charge is 0.363 e. The minimum atomic E-state index is -3.80. The number of nitrogens with zero attached hydrogens (tertiary/aromatic N) is 3. The summed E-state index contributed by atoms with van der Waals surface area (Å²) in [7, 11) is -3.80. The number of nitro groups is 1. The highest BCUT2D eigenvalue weighted by Gasteiger charge is 2.26. The van der Waals surface area contributed by atoms with Gasteiger partial charge in [-0.15, -0.1) is 0 Å². The average molecular weight is 407 g/mol. The Bertz CT molecular complexity index is 956. The first-order valence-electron chi connectivity index (χ1n) is 9.03. The Balaban J connectivity index is 1.87. The molecule has 9 heteroatoms. The molecule has 0 bridgehead atoms. The van der Waals surface area contributed by atoms with Crippen LogP contribution in [0.2, 0.25) is 0 Å². The molecule has 2 aromatic rings. The first kappa shape index (κ1) is 20.2. The lowest BCUT2D eigenvalue weighted by Crippen LogP contribution is -2.46. The van der Waals surface area contributed by atoms with Crippen LogP contribution in [0.25, 0.3) is 0 Å². The fourth-order valence-corrected chi connectivity index (χ4v) is 4.66. The van der Waals surface area contributed by atoms with Crippen LogP contribution < -0.4 is 4.90 Å². The Morgan fingerprint density at radius 1 is 1.07 bits per heavy atom. The maximum atomic E-state index is 13.0. The quantitative estimate of drug-likeness (QED) is 0.541. The van der Waals surface area contributed by atoms with E-state index >= 15 is 0 Å². The van der Waals surface area contributed by atoms with Crippen molar-refractivity contribution in [2.24, 2.45) is 0 Å². The van der Waals surface area contributed by atoms with Crippen molar-refractivity contribution < 1.29 is 17.7 Å². The van der Waals surface area contributed by atoms with Gasteiger partial charge in [0, 0.05) is 32.2 Å². The Morgan fingerprint density at radius 3 is 2.29 bits per heavy atom. The van der Waals surface area contributed by atoms with Crippen LogP contribution in [0.3, 0.4) is 0 Å². The summed E-state index contributed by atoms with van der Waals surface area (Å²) in [5.74, 6) is -0.803. The van der Waals surface area contributed by atoms with E-state index in [2.05, 4.69) is 11.8 Å². The predicted octanol–water partition coefficient (Wildman–Crippen LogP) is 2.85. The summed E-state index contributed by atoms with van der Waals surface area (Å²) < 4.78 is 38.4. The zero-order valence-electron chi connectivity index (χ0n) is 15.5. The minimum Gasteiger partial charge on any atom is -0.363 e. The molecule has 0 amide bonds. The standard InChI is InChI=1S/C19H22FN3O4S/c1-2-21-9-11-22(12-10-21)18-8-7-17(13-19(18)23(24)25)28(26,27)14-15-3-5-16(20)6-4-15/h3-8,13H,2,9-12,14H2,1H3. The molecule has 1 saturated heterocycles. The third kappa shape index (κ3) is 4.48. The fourth-order valence-electron chi connectivity index (χ4n) is 3.30. The van der Waals surface area contributed by atoms with Crippen molar-refractivity contribution >= 4 is 21.2 Å². The van der Waals surface area contributed by atoms with Crippen LogP contribution in [0, 0.1) is 15.9 Å². The third-order valence-electron chi connectivity index (χ3n) is 4.93. The molecule has 7 nitrogen and oxygen atoms in total. The molecule has 0 aromatic heterocycles. The van der Waals surface area contributed by atoms with Crippen LogP contribution in [0.4, 0.5) is 15.8 Å². The molecular weight excluding hydrogens is 385 g/mol. The van der Waals surface area contributed by atoms with Gasteiger partial charge in [-0.3, -0.25) is 10.1 Å². The second-order valence-corrected chi connectivity index (χ2v) is 8.70. The Kier molecular flexibility index (Phi) is 5.95. The van der Waals surface area contributed by atoms with Gasteiger partial charge in [-0.25, -0.2) is 12.8 Å². The topological polar surface area (TPSA) is 83.8 Å². The molecule has 28 heavy (non-hydrogen) atoms. The lowest BCUT2D eigenvalue weighted by molar-refractivity contribution is -0.384. The maximum Gasteiger partial charge on any atom is 0.293 e. The second kappa shape index (κ2) is 8.24. The number of anilines is 1. The molecule has 1 heterocycles. The number of halogens is 1. The van der Waals surface area contributed by atoms with Crippen molar-refractivity contribution in [2.75, 3.05) is 37.6 Å². The molecule has 1 aliphatic rings. The van der Waals surface area contributed by atoms with Gasteiger partial charge in [0.2, 0.25) is 0 Å². The Hall–Kier alpha value is -2.52. The number of hydrogen-bond donors (Lipinski definition) is 0. The summed E-state index contributed by atoms with van der Waals surface area (Å²) in [5, 5.41) is 11.6. The van der Waals surface area contributed by atoms with E-state index in [-0.39, 0.29) is 16.3 Å². The van der Waals surface area contributed by atoms with E-state index < -0.39 is 20.6 Å². The van der Waals surface area contributed by atoms with Crippen LogP contribution in [0.1, 0.15) is 12.5 Å². The minimum absolute atomic E-state index is 0.112. The molecule has 0 spiro atoms. The van der Waals surface area contributed by atoms with Crippen LogP contribution >= 0.6 is 0 Å². The molecule has 1 fully saturated rings. The van der Waals surface area contributed by atoms with Crippen molar-refractivity contribution in [1.82, 2.24) is 4.90 Å². The van der Waals surface area contributed by atoms with E-state index in [4.69, 9.17) is 0 Å². The van der Waals surface area contributed by atoms with Crippen LogP contribution in [-0.4, -0.2) is 51.0 Å². The summed E-state index contributed by atoms with van der Waals surface area (Å²) in [4.78, 5) is 15.1. The van der Waals surface area contributed by atoms with E-state index in [1.54, 1.807) is 0 Å². The molecule has 0 radical (unpaired) electrons. The molecule has 3 rings (SSSR count). The van der Waals surface area contributed by atoms with Crippen molar-refractivity contribution in [1.29, 1.82) is 0 Å². The lowest BCUT2D eigenvalue weighted by Gasteiger charge is -2.35. The highest BCUT2D eigenvalue weighted by Crippen LogP contribution is 2.32. The number of sulfone groups is 1. The van der Waals surface area contributed by atoms with Gasteiger partial charge >= 0.3 is 0 Å². The third-order valence-corrected chi connectivity index (χ3v) is 6.62. The number of benzene rings is 2. The first-order chi connectivity index (χ1) is 13.3. The number of piperazine rings is 1. The molecule has 0 unspecified atom stereocenters. The molecule has 0 saturated carbocycles.